The number of benzene rings is 3. The van der Waals surface area contributed by atoms with Crippen molar-refractivity contribution in [2.45, 2.75) is 6.92 Å². The Hall–Kier alpha value is -3.35. The van der Waals surface area contributed by atoms with Gasteiger partial charge in [0.15, 0.2) is 11.6 Å². The van der Waals surface area contributed by atoms with Gasteiger partial charge < -0.3 is 4.98 Å². The molecule has 0 fully saturated rings. The highest BCUT2D eigenvalue weighted by Gasteiger charge is 2.10. The van der Waals surface area contributed by atoms with E-state index in [2.05, 4.69) is 21.8 Å². The molecule has 0 saturated heterocycles. The zero-order valence-corrected chi connectivity index (χ0v) is 15.3. The Morgan fingerprint density at radius 3 is 2.56 bits per heavy atom. The van der Waals surface area contributed by atoms with E-state index in [1.807, 2.05) is 66.7 Å². The van der Waals surface area contributed by atoms with Crippen LogP contribution in [0.15, 0.2) is 66.7 Å². The number of hydrogen-bond acceptors (Lipinski definition) is 2. The fourth-order valence-corrected chi connectivity index (χ4v) is 3.07. The predicted molar refractivity (Wildman–Crippen MR) is 109 cm³/mol. The number of aromatic nitrogens is 2. The van der Waals surface area contributed by atoms with Crippen LogP contribution in [-0.2, 0) is 0 Å². The van der Waals surface area contributed by atoms with Crippen molar-refractivity contribution in [3.05, 3.63) is 88.7 Å². The predicted octanol–water partition coefficient (Wildman–Crippen LogP) is 5.49. The van der Waals surface area contributed by atoms with Crippen LogP contribution < -0.4 is 0 Å². The summed E-state index contributed by atoms with van der Waals surface area (Å²) in [5, 5.41) is 0.683. The van der Waals surface area contributed by atoms with Crippen LogP contribution in [-0.4, -0.2) is 15.8 Å². The Balaban J connectivity index is 1.71. The maximum Gasteiger partial charge on any atom is 0.184 e. The summed E-state index contributed by atoms with van der Waals surface area (Å²) in [6, 6.07) is 20.9. The summed E-state index contributed by atoms with van der Waals surface area (Å²) < 4.78 is 0. The van der Waals surface area contributed by atoms with Crippen molar-refractivity contribution in [2.75, 3.05) is 0 Å². The van der Waals surface area contributed by atoms with Crippen molar-refractivity contribution in [1.29, 1.82) is 0 Å². The van der Waals surface area contributed by atoms with E-state index >= 15 is 0 Å². The van der Waals surface area contributed by atoms with Gasteiger partial charge in [-0.05, 0) is 60.4 Å². The minimum Gasteiger partial charge on any atom is -0.331 e. The molecule has 0 amide bonds. The van der Waals surface area contributed by atoms with E-state index in [9.17, 15) is 4.79 Å². The number of H-pyrrole nitrogens is 1. The van der Waals surface area contributed by atoms with E-state index < -0.39 is 0 Å². The first kappa shape index (κ1) is 17.1. The van der Waals surface area contributed by atoms with Crippen molar-refractivity contribution in [3.63, 3.8) is 0 Å². The van der Waals surface area contributed by atoms with Crippen molar-refractivity contribution < 1.29 is 4.79 Å². The van der Waals surface area contributed by atoms with Crippen LogP contribution in [0.3, 0.4) is 0 Å². The number of fused-ring (bicyclic) bond motifs is 1. The lowest BCUT2D eigenvalue weighted by atomic mass is 9.97. The zero-order chi connectivity index (χ0) is 18.8. The third-order valence-corrected chi connectivity index (χ3v) is 4.52. The number of hydrogen-bond donors (Lipinski definition) is 1. The van der Waals surface area contributed by atoms with Gasteiger partial charge in [0.1, 0.15) is 0 Å². The highest BCUT2D eigenvalue weighted by atomic mass is 35.5. The van der Waals surface area contributed by atoms with Gasteiger partial charge in [0.05, 0.1) is 11.0 Å². The Bertz CT molecular complexity index is 1210. The van der Waals surface area contributed by atoms with Crippen molar-refractivity contribution >= 4 is 28.4 Å². The van der Waals surface area contributed by atoms with Gasteiger partial charge in [-0.2, -0.15) is 0 Å². The first-order valence-electron chi connectivity index (χ1n) is 8.48. The minimum absolute atomic E-state index is 0.0461. The zero-order valence-electron chi connectivity index (χ0n) is 14.6. The van der Waals surface area contributed by atoms with Crippen LogP contribution in [0.2, 0.25) is 5.02 Å². The molecule has 0 atom stereocenters. The van der Waals surface area contributed by atoms with Gasteiger partial charge in [-0.1, -0.05) is 47.9 Å². The summed E-state index contributed by atoms with van der Waals surface area (Å²) in [7, 11) is 0. The van der Waals surface area contributed by atoms with Crippen molar-refractivity contribution in [2.24, 2.45) is 0 Å². The normalized spacial score (nSPS) is 10.4. The molecule has 130 valence electrons. The first-order chi connectivity index (χ1) is 13.1. The molecule has 4 rings (SSSR count). The van der Waals surface area contributed by atoms with Gasteiger partial charge in [0.2, 0.25) is 0 Å². The summed E-state index contributed by atoms with van der Waals surface area (Å²) in [6.45, 7) is 1.58. The van der Waals surface area contributed by atoms with E-state index in [1.165, 1.54) is 0 Å². The number of carbonyl (C=O) groups is 1. The van der Waals surface area contributed by atoms with Crippen LogP contribution in [0, 0.1) is 11.8 Å². The van der Waals surface area contributed by atoms with Crippen LogP contribution >= 0.6 is 11.6 Å². The monoisotopic (exact) mass is 370 g/mol. The molecule has 1 N–H and O–H groups in total. The van der Waals surface area contributed by atoms with Gasteiger partial charge in [-0.3, -0.25) is 4.79 Å². The molecule has 0 spiro atoms. The van der Waals surface area contributed by atoms with Gasteiger partial charge in [0.25, 0.3) is 0 Å². The summed E-state index contributed by atoms with van der Waals surface area (Å²) >= 11 is 5.89. The number of halogens is 1. The highest BCUT2D eigenvalue weighted by Crippen LogP contribution is 2.27. The first-order valence-corrected chi connectivity index (χ1v) is 8.86. The number of carbonyl (C=O) groups excluding carboxylic acids is 1. The topological polar surface area (TPSA) is 45.8 Å². The molecule has 0 aliphatic carbocycles. The summed E-state index contributed by atoms with van der Waals surface area (Å²) in [5.74, 6) is 6.76. The third kappa shape index (κ3) is 3.62. The number of nitrogens with one attached hydrogen (secondary N) is 1. The highest BCUT2D eigenvalue weighted by molar-refractivity contribution is 6.30. The molecule has 1 heterocycles. The van der Waals surface area contributed by atoms with E-state index in [1.54, 1.807) is 6.92 Å². The van der Waals surface area contributed by atoms with E-state index in [0.717, 1.165) is 27.7 Å². The Morgan fingerprint density at radius 2 is 1.78 bits per heavy atom. The minimum atomic E-state index is 0.0461. The Labute approximate surface area is 162 Å². The Kier molecular flexibility index (Phi) is 4.50. The maximum atomic E-state index is 11.9. The van der Waals surface area contributed by atoms with Gasteiger partial charge in [0, 0.05) is 16.1 Å². The summed E-state index contributed by atoms with van der Waals surface area (Å²) in [6.07, 6.45) is 0. The molecule has 1 aromatic heterocycles. The molecule has 27 heavy (non-hydrogen) atoms. The average molecular weight is 371 g/mol. The Morgan fingerprint density at radius 1 is 1.00 bits per heavy atom. The van der Waals surface area contributed by atoms with Crippen LogP contribution in [0.25, 0.3) is 22.2 Å². The molecule has 0 radical (unpaired) electrons. The van der Waals surface area contributed by atoms with E-state index in [4.69, 9.17) is 11.6 Å². The summed E-state index contributed by atoms with van der Waals surface area (Å²) in [4.78, 5) is 19.7. The summed E-state index contributed by atoms with van der Waals surface area (Å²) in [5.41, 5.74) is 5.17. The third-order valence-electron chi connectivity index (χ3n) is 4.27. The fraction of sp³-hybridized carbons (Fsp3) is 0.0435. The number of imidazole rings is 1. The largest absolute Gasteiger partial charge is 0.331 e. The molecule has 0 bridgehead atoms. The molecular formula is C23H15ClN2O. The molecule has 3 nitrogen and oxygen atoms in total. The quantitative estimate of drug-likeness (QED) is 0.375. The number of nitrogens with zero attached hydrogens (tertiary/aromatic N) is 1. The SMILES string of the molecule is CC(=O)c1ccccc1-c1ccc2nc(C#Cc3ccc(Cl)cc3)[nH]c2c1. The molecular weight excluding hydrogens is 356 g/mol. The van der Waals surface area contributed by atoms with Gasteiger partial charge >= 0.3 is 0 Å². The second-order valence-corrected chi connectivity index (χ2v) is 6.61. The van der Waals surface area contributed by atoms with Crippen molar-refractivity contribution in [1.82, 2.24) is 9.97 Å². The number of rotatable bonds is 2. The number of Topliss-reactive ketones (excluding diaryl/α,β-unsaturated/α-hetero) is 1. The lowest BCUT2D eigenvalue weighted by molar-refractivity contribution is 0.101. The molecule has 3 aromatic carbocycles. The second kappa shape index (κ2) is 7.11. The van der Waals surface area contributed by atoms with Gasteiger partial charge in [-0.25, -0.2) is 4.98 Å². The van der Waals surface area contributed by atoms with E-state index in [-0.39, 0.29) is 5.78 Å². The fourth-order valence-electron chi connectivity index (χ4n) is 2.94. The number of ketones is 1. The molecule has 0 aliphatic rings. The van der Waals surface area contributed by atoms with E-state index in [0.29, 0.717) is 16.4 Å². The van der Waals surface area contributed by atoms with Crippen LogP contribution in [0.5, 0.6) is 0 Å². The van der Waals surface area contributed by atoms with Gasteiger partial charge in [-0.15, -0.1) is 0 Å². The van der Waals surface area contributed by atoms with Crippen LogP contribution in [0.1, 0.15) is 28.7 Å². The average Bonchev–Trinajstić information content (AvgIpc) is 3.09. The second-order valence-electron chi connectivity index (χ2n) is 6.18. The molecule has 0 unspecified atom stereocenters. The molecule has 4 heteroatoms. The van der Waals surface area contributed by atoms with Crippen LogP contribution in [0.4, 0.5) is 0 Å². The number of aromatic amines is 1. The standard InChI is InChI=1S/C23H15ClN2O/c1-15(27)19-4-2-3-5-20(19)17-9-12-21-22(14-17)26-23(25-21)13-8-16-6-10-18(24)11-7-16/h2-7,9-12,14H,1H3,(H,25,26). The maximum absolute atomic E-state index is 11.9. The molecule has 4 aromatic rings. The lowest BCUT2D eigenvalue weighted by Crippen LogP contribution is -1.95. The van der Waals surface area contributed by atoms with Crippen molar-refractivity contribution in [3.8, 4) is 23.0 Å². The lowest BCUT2D eigenvalue weighted by Gasteiger charge is -2.06. The smallest absolute Gasteiger partial charge is 0.184 e. The molecule has 0 aliphatic heterocycles. The molecule has 0 saturated carbocycles.